The molecular weight excluding hydrogens is 314 g/mol. The average molecular weight is 335 g/mol. The Morgan fingerprint density at radius 2 is 1.92 bits per heavy atom. The predicted molar refractivity (Wildman–Crippen MR) is 101 cm³/mol. The Balaban J connectivity index is 0.00000131. The average Bonchev–Trinajstić information content (AvgIpc) is 3.11. The van der Waals surface area contributed by atoms with Gasteiger partial charge in [0, 0.05) is 21.0 Å². The van der Waals surface area contributed by atoms with Crippen molar-refractivity contribution in [3.8, 4) is 11.4 Å². The molecule has 25 heavy (non-hydrogen) atoms. The molecule has 3 aromatic heterocycles. The minimum atomic E-state index is -0.594. The van der Waals surface area contributed by atoms with Gasteiger partial charge < -0.3 is 10.4 Å². The van der Waals surface area contributed by atoms with Crippen LogP contribution in [0.3, 0.4) is 0 Å². The van der Waals surface area contributed by atoms with Crippen LogP contribution in [0.25, 0.3) is 22.4 Å². The molecule has 4 aromatic rings. The zero-order chi connectivity index (χ0) is 17.1. The fourth-order valence-electron chi connectivity index (χ4n) is 2.71. The Bertz CT molecular complexity index is 994. The van der Waals surface area contributed by atoms with Crippen molar-refractivity contribution in [2.24, 2.45) is 0 Å². The van der Waals surface area contributed by atoms with E-state index in [1.807, 2.05) is 60.7 Å². The van der Waals surface area contributed by atoms with E-state index in [4.69, 9.17) is 0 Å². The second-order valence-electron chi connectivity index (χ2n) is 5.69. The van der Waals surface area contributed by atoms with Crippen molar-refractivity contribution < 1.29 is 7.96 Å². The molecule has 0 aliphatic carbocycles. The highest BCUT2D eigenvalue weighted by Crippen LogP contribution is 2.24. The largest absolute Gasteiger partial charge is 0.387 e. The lowest BCUT2D eigenvalue weighted by molar-refractivity contribution is 0.191. The molecule has 0 fully saturated rings. The fourth-order valence-corrected chi connectivity index (χ4v) is 2.71. The number of aromatic amines is 1. The van der Waals surface area contributed by atoms with Crippen LogP contribution in [-0.2, 0) is 0 Å². The Hall–Kier alpha value is -3.25. The number of fused-ring (bicyclic) bond motifs is 1. The number of hydrogen-bond acceptors (Lipinski definition) is 5. The molecule has 1 atom stereocenters. The Labute approximate surface area is 147 Å². The summed E-state index contributed by atoms with van der Waals surface area (Å²) in [7, 11) is 0. The highest BCUT2D eigenvalue weighted by molar-refractivity contribution is 5.89. The molecule has 0 unspecified atom stereocenters. The van der Waals surface area contributed by atoms with Gasteiger partial charge in [-0.25, -0.2) is 9.97 Å². The number of aliphatic hydroxyl groups excluding tert-OH is 1. The summed E-state index contributed by atoms with van der Waals surface area (Å²) in [4.78, 5) is 8.83. The first-order chi connectivity index (χ1) is 12.3. The second kappa shape index (κ2) is 6.70. The Morgan fingerprint density at radius 1 is 1.04 bits per heavy atom. The molecule has 0 saturated heterocycles. The monoisotopic (exact) mass is 335 g/mol. The van der Waals surface area contributed by atoms with Gasteiger partial charge in [-0.2, -0.15) is 5.10 Å². The van der Waals surface area contributed by atoms with Gasteiger partial charge in [-0.3, -0.25) is 5.10 Å². The third kappa shape index (κ3) is 3.20. The first-order valence-electron chi connectivity index (χ1n) is 8.04. The van der Waals surface area contributed by atoms with Gasteiger partial charge in [0.05, 0.1) is 17.5 Å². The summed E-state index contributed by atoms with van der Waals surface area (Å²) in [5.74, 6) is 0.694. The molecule has 0 saturated carbocycles. The van der Waals surface area contributed by atoms with Gasteiger partial charge in [0.15, 0.2) is 5.65 Å². The number of aliphatic hydroxyl groups is 1. The summed E-state index contributed by atoms with van der Waals surface area (Å²) in [5.41, 5.74) is 3.14. The van der Waals surface area contributed by atoms with Crippen LogP contribution in [-0.4, -0.2) is 31.8 Å². The maximum absolute atomic E-state index is 10.3. The number of H-pyrrole nitrogens is 1. The summed E-state index contributed by atoms with van der Waals surface area (Å²) < 4.78 is 0. The zero-order valence-corrected chi connectivity index (χ0v) is 13.4. The van der Waals surface area contributed by atoms with Crippen LogP contribution in [0.2, 0.25) is 0 Å². The van der Waals surface area contributed by atoms with Crippen molar-refractivity contribution in [3.63, 3.8) is 0 Å². The molecule has 3 N–H and O–H groups in total. The SMILES string of the molecule is O[C@H](CNc1cccc(-c2[nH]nc3ncccc23)n1)c1ccccc1.[HH].[HH]. The number of anilines is 1. The molecular formula is C19H21N5O. The number of aromatic nitrogens is 4. The lowest BCUT2D eigenvalue weighted by Gasteiger charge is -2.13. The fraction of sp³-hybridized carbons (Fsp3) is 0.105. The maximum Gasteiger partial charge on any atom is 0.181 e. The topological polar surface area (TPSA) is 86.7 Å². The summed E-state index contributed by atoms with van der Waals surface area (Å²) >= 11 is 0. The molecule has 0 radical (unpaired) electrons. The van der Waals surface area contributed by atoms with Gasteiger partial charge in [0.1, 0.15) is 5.82 Å². The van der Waals surface area contributed by atoms with Gasteiger partial charge in [0.25, 0.3) is 0 Å². The van der Waals surface area contributed by atoms with Crippen LogP contribution in [0.15, 0.2) is 66.9 Å². The van der Waals surface area contributed by atoms with E-state index in [0.29, 0.717) is 18.0 Å². The van der Waals surface area contributed by atoms with Gasteiger partial charge in [-0.1, -0.05) is 36.4 Å². The zero-order valence-electron chi connectivity index (χ0n) is 13.4. The first-order valence-corrected chi connectivity index (χ1v) is 8.04. The lowest BCUT2D eigenvalue weighted by atomic mass is 10.1. The number of nitrogens with zero attached hydrogens (tertiary/aromatic N) is 3. The van der Waals surface area contributed by atoms with Crippen molar-refractivity contribution in [3.05, 3.63) is 72.4 Å². The van der Waals surface area contributed by atoms with Gasteiger partial charge >= 0.3 is 0 Å². The molecule has 128 valence electrons. The Morgan fingerprint density at radius 3 is 2.80 bits per heavy atom. The molecule has 0 aliphatic rings. The number of nitrogens with one attached hydrogen (secondary N) is 2. The molecule has 6 heteroatoms. The van der Waals surface area contributed by atoms with Crippen molar-refractivity contribution in [2.45, 2.75) is 6.10 Å². The number of benzene rings is 1. The Kier molecular flexibility index (Phi) is 4.10. The summed E-state index contributed by atoms with van der Waals surface area (Å²) in [6.07, 6.45) is 1.12. The maximum atomic E-state index is 10.3. The van der Waals surface area contributed by atoms with Gasteiger partial charge in [-0.05, 0) is 29.8 Å². The van der Waals surface area contributed by atoms with Crippen molar-refractivity contribution in [1.82, 2.24) is 20.2 Å². The van der Waals surface area contributed by atoms with E-state index in [0.717, 1.165) is 22.3 Å². The minimum absolute atomic E-state index is 0. The second-order valence-corrected chi connectivity index (χ2v) is 5.69. The molecule has 0 spiro atoms. The molecule has 0 bridgehead atoms. The summed E-state index contributed by atoms with van der Waals surface area (Å²) in [5, 5.41) is 21.6. The summed E-state index contributed by atoms with van der Waals surface area (Å²) in [6.45, 7) is 0.381. The first kappa shape index (κ1) is 15.3. The highest BCUT2D eigenvalue weighted by atomic mass is 16.3. The van der Waals surface area contributed by atoms with Crippen LogP contribution >= 0.6 is 0 Å². The van der Waals surface area contributed by atoms with E-state index in [2.05, 4.69) is 25.5 Å². The van der Waals surface area contributed by atoms with E-state index in [1.54, 1.807) is 6.20 Å². The standard InChI is InChI=1S/C19H17N5O.2H2/c25-16(13-6-2-1-3-7-13)12-21-17-10-4-9-15(22-17)18-14-8-5-11-20-19(14)24-23-18;;/h1-11,16,25H,12H2,(H,21,22)(H,20,23,24);2*1H/t16-;;/m1../s1. The minimum Gasteiger partial charge on any atom is -0.387 e. The summed E-state index contributed by atoms with van der Waals surface area (Å²) in [6, 6.07) is 19.1. The third-order valence-electron chi connectivity index (χ3n) is 4.00. The number of rotatable bonds is 5. The van der Waals surface area contributed by atoms with Crippen LogP contribution < -0.4 is 5.32 Å². The molecule has 6 nitrogen and oxygen atoms in total. The third-order valence-corrected chi connectivity index (χ3v) is 4.00. The molecule has 0 aliphatic heterocycles. The van der Waals surface area contributed by atoms with Crippen molar-refractivity contribution in [2.75, 3.05) is 11.9 Å². The smallest absolute Gasteiger partial charge is 0.181 e. The quantitative estimate of drug-likeness (QED) is 0.518. The van der Waals surface area contributed by atoms with E-state index in [1.165, 1.54) is 0 Å². The normalized spacial score (nSPS) is 12.2. The van der Waals surface area contributed by atoms with Gasteiger partial charge in [0.2, 0.25) is 0 Å². The molecule has 3 heterocycles. The van der Waals surface area contributed by atoms with Crippen molar-refractivity contribution >= 4 is 16.9 Å². The van der Waals surface area contributed by atoms with E-state index >= 15 is 0 Å². The van der Waals surface area contributed by atoms with Crippen molar-refractivity contribution in [1.29, 1.82) is 0 Å². The molecule has 4 rings (SSSR count). The van der Waals surface area contributed by atoms with E-state index < -0.39 is 6.10 Å². The van der Waals surface area contributed by atoms with Crippen LogP contribution in [0.5, 0.6) is 0 Å². The molecule has 0 amide bonds. The van der Waals surface area contributed by atoms with Crippen LogP contribution in [0, 0.1) is 0 Å². The van der Waals surface area contributed by atoms with Gasteiger partial charge in [-0.15, -0.1) is 0 Å². The highest BCUT2D eigenvalue weighted by Gasteiger charge is 2.11. The van der Waals surface area contributed by atoms with E-state index in [-0.39, 0.29) is 2.85 Å². The predicted octanol–water partition coefficient (Wildman–Crippen LogP) is 3.66. The van der Waals surface area contributed by atoms with Crippen LogP contribution in [0.1, 0.15) is 14.5 Å². The lowest BCUT2D eigenvalue weighted by Crippen LogP contribution is -2.12. The number of pyridine rings is 2. The molecule has 1 aromatic carbocycles. The number of hydrogen-bond donors (Lipinski definition) is 3. The van der Waals surface area contributed by atoms with E-state index in [9.17, 15) is 5.11 Å². The van der Waals surface area contributed by atoms with Crippen LogP contribution in [0.4, 0.5) is 5.82 Å².